The zero-order valence-electron chi connectivity index (χ0n) is 9.60. The van der Waals surface area contributed by atoms with Crippen LogP contribution < -0.4 is 11.3 Å². The van der Waals surface area contributed by atoms with E-state index < -0.39 is 0 Å². The Morgan fingerprint density at radius 1 is 1.42 bits per heavy atom. The number of hydrogen-bond donors (Lipinski definition) is 3. The van der Waals surface area contributed by atoms with Crippen molar-refractivity contribution in [1.82, 2.24) is 19.9 Å². The Morgan fingerprint density at radius 2 is 2.26 bits per heavy atom. The molecule has 8 heteroatoms. The topological polar surface area (TPSA) is 124 Å². The second-order valence-electron chi connectivity index (χ2n) is 3.92. The normalized spacial score (nSPS) is 10.7. The lowest BCUT2D eigenvalue weighted by molar-refractivity contribution is 1.05. The van der Waals surface area contributed by atoms with E-state index in [9.17, 15) is 4.79 Å². The van der Waals surface area contributed by atoms with Crippen LogP contribution in [0.5, 0.6) is 0 Å². The summed E-state index contributed by atoms with van der Waals surface area (Å²) in [5.74, 6) is 0.656. The molecule has 0 spiro atoms. The predicted molar refractivity (Wildman–Crippen MR) is 70.8 cm³/mol. The van der Waals surface area contributed by atoms with Gasteiger partial charge in [-0.25, -0.2) is 4.98 Å². The molecular formula is C11H8N6OS. The van der Waals surface area contributed by atoms with Crippen molar-refractivity contribution >= 4 is 28.4 Å². The summed E-state index contributed by atoms with van der Waals surface area (Å²) in [4.78, 5) is 26.1. The van der Waals surface area contributed by atoms with E-state index in [2.05, 4.69) is 26.0 Å². The maximum atomic E-state index is 11.6. The molecule has 3 aromatic rings. The lowest BCUT2D eigenvalue weighted by Gasteiger charge is -1.90. The van der Waals surface area contributed by atoms with Crippen LogP contribution in [0.15, 0.2) is 16.2 Å². The summed E-state index contributed by atoms with van der Waals surface area (Å²) in [6.07, 6.45) is 0.516. The van der Waals surface area contributed by atoms with Gasteiger partial charge in [-0.3, -0.25) is 9.78 Å². The highest BCUT2D eigenvalue weighted by Gasteiger charge is 2.10. The van der Waals surface area contributed by atoms with E-state index in [-0.39, 0.29) is 11.5 Å². The van der Waals surface area contributed by atoms with Crippen molar-refractivity contribution in [3.05, 3.63) is 38.1 Å². The van der Waals surface area contributed by atoms with Gasteiger partial charge in [0.05, 0.1) is 5.56 Å². The van der Waals surface area contributed by atoms with Gasteiger partial charge in [0.1, 0.15) is 11.9 Å². The fourth-order valence-electron chi connectivity index (χ4n) is 1.75. The summed E-state index contributed by atoms with van der Waals surface area (Å²) in [6, 6.07) is 3.87. The molecule has 0 aromatic carbocycles. The molecule has 0 saturated carbocycles. The zero-order valence-corrected chi connectivity index (χ0v) is 10.4. The predicted octanol–water partition coefficient (Wildman–Crippen LogP) is 0.752. The Balaban J connectivity index is 2.00. The second-order valence-corrected chi connectivity index (χ2v) is 4.92. The molecule has 0 saturated heterocycles. The van der Waals surface area contributed by atoms with Gasteiger partial charge in [0.25, 0.3) is 5.56 Å². The van der Waals surface area contributed by atoms with Crippen LogP contribution >= 0.6 is 11.3 Å². The monoisotopic (exact) mass is 272 g/mol. The maximum absolute atomic E-state index is 11.6. The number of aromatic nitrogens is 4. The Labute approximate surface area is 110 Å². The molecular weight excluding hydrogens is 264 g/mol. The number of H-pyrrole nitrogens is 2. The Kier molecular flexibility index (Phi) is 2.54. The van der Waals surface area contributed by atoms with Crippen molar-refractivity contribution in [3.8, 4) is 6.07 Å². The van der Waals surface area contributed by atoms with Crippen molar-refractivity contribution in [2.45, 2.75) is 6.42 Å². The standard InChI is InChI=1S/C11H8N6OS/c12-3-5-1-6(19-4-5)2-7-14-8-9(15-7)16-11(13)17-10(8)18/h1,4H,2H2,(H4,13,14,15,16,17,18). The molecule has 7 nitrogen and oxygen atoms in total. The van der Waals surface area contributed by atoms with Crippen LogP contribution in [0.3, 0.4) is 0 Å². The molecule has 0 bridgehead atoms. The highest BCUT2D eigenvalue weighted by atomic mass is 32.1. The third-order valence-corrected chi connectivity index (χ3v) is 3.49. The number of nitrogens with two attached hydrogens (primary N) is 1. The number of thiophene rings is 1. The SMILES string of the molecule is N#Cc1csc(Cc2nc3nc(N)[nH]c(=O)c3[nH]2)c1. The van der Waals surface area contributed by atoms with Crippen molar-refractivity contribution in [3.63, 3.8) is 0 Å². The maximum Gasteiger partial charge on any atom is 0.278 e. The highest BCUT2D eigenvalue weighted by Crippen LogP contribution is 2.17. The average Bonchev–Trinajstić information content (AvgIpc) is 2.96. The molecule has 4 N–H and O–H groups in total. The third-order valence-electron chi connectivity index (χ3n) is 2.55. The van der Waals surface area contributed by atoms with E-state index >= 15 is 0 Å². The van der Waals surface area contributed by atoms with Gasteiger partial charge in [-0.2, -0.15) is 10.2 Å². The number of anilines is 1. The molecule has 0 aliphatic rings. The minimum absolute atomic E-state index is 0.0402. The fourth-order valence-corrected chi connectivity index (χ4v) is 2.57. The van der Waals surface area contributed by atoms with E-state index in [1.807, 2.05) is 0 Å². The summed E-state index contributed by atoms with van der Waals surface area (Å²) >= 11 is 1.47. The first-order chi connectivity index (χ1) is 9.15. The van der Waals surface area contributed by atoms with Gasteiger partial charge in [-0.1, -0.05) is 0 Å². The molecule has 0 radical (unpaired) electrons. The lowest BCUT2D eigenvalue weighted by atomic mass is 10.3. The number of rotatable bonds is 2. The number of imidazole rings is 1. The van der Waals surface area contributed by atoms with Crippen molar-refractivity contribution in [2.24, 2.45) is 0 Å². The summed E-state index contributed by atoms with van der Waals surface area (Å²) in [6.45, 7) is 0. The molecule has 0 fully saturated rings. The number of nitrogens with one attached hydrogen (secondary N) is 2. The van der Waals surface area contributed by atoms with Crippen LogP contribution in [0.25, 0.3) is 11.2 Å². The Bertz CT molecular complexity index is 852. The molecule has 0 unspecified atom stereocenters. The van der Waals surface area contributed by atoms with E-state index in [0.717, 1.165) is 4.88 Å². The first kappa shape index (κ1) is 11.4. The molecule has 3 rings (SSSR count). The Hall–Kier alpha value is -2.66. The van der Waals surface area contributed by atoms with Crippen LogP contribution in [0.4, 0.5) is 5.95 Å². The van der Waals surface area contributed by atoms with Gasteiger partial charge < -0.3 is 10.7 Å². The summed E-state index contributed by atoms with van der Waals surface area (Å²) in [5.41, 5.74) is 6.34. The van der Waals surface area contributed by atoms with Crippen LogP contribution in [0.1, 0.15) is 16.3 Å². The zero-order chi connectivity index (χ0) is 13.4. The highest BCUT2D eigenvalue weighted by molar-refractivity contribution is 7.10. The molecule has 3 heterocycles. The van der Waals surface area contributed by atoms with Crippen LogP contribution in [-0.4, -0.2) is 19.9 Å². The van der Waals surface area contributed by atoms with Gasteiger partial charge in [-0.05, 0) is 6.07 Å². The third kappa shape index (κ3) is 2.07. The number of aromatic amines is 2. The molecule has 0 amide bonds. The number of nitriles is 1. The number of fused-ring (bicyclic) bond motifs is 1. The quantitative estimate of drug-likeness (QED) is 0.635. The van der Waals surface area contributed by atoms with Gasteiger partial charge in [0.2, 0.25) is 5.95 Å². The van der Waals surface area contributed by atoms with Crippen molar-refractivity contribution in [1.29, 1.82) is 5.26 Å². The molecule has 0 atom stereocenters. The molecule has 3 aromatic heterocycles. The fraction of sp³-hybridized carbons (Fsp3) is 0.0909. The van der Waals surface area contributed by atoms with Crippen molar-refractivity contribution in [2.75, 3.05) is 5.73 Å². The van der Waals surface area contributed by atoms with Crippen LogP contribution in [0.2, 0.25) is 0 Å². The van der Waals surface area contributed by atoms with Crippen LogP contribution in [0, 0.1) is 11.3 Å². The molecule has 0 aliphatic heterocycles. The number of nitrogens with zero attached hydrogens (tertiary/aromatic N) is 3. The van der Waals surface area contributed by atoms with Gasteiger partial charge in [0, 0.05) is 16.7 Å². The minimum Gasteiger partial charge on any atom is -0.369 e. The smallest absolute Gasteiger partial charge is 0.278 e. The van der Waals surface area contributed by atoms with Gasteiger partial charge >= 0.3 is 0 Å². The first-order valence-corrected chi connectivity index (χ1v) is 6.25. The number of nitrogen functional groups attached to an aromatic ring is 1. The second kappa shape index (κ2) is 4.22. The molecule has 94 valence electrons. The van der Waals surface area contributed by atoms with Gasteiger partial charge in [0.15, 0.2) is 11.2 Å². The average molecular weight is 272 g/mol. The minimum atomic E-state index is -0.342. The van der Waals surface area contributed by atoms with Crippen molar-refractivity contribution < 1.29 is 0 Å². The van der Waals surface area contributed by atoms with E-state index in [1.165, 1.54) is 11.3 Å². The summed E-state index contributed by atoms with van der Waals surface area (Å²) in [7, 11) is 0. The Morgan fingerprint density at radius 3 is 3.00 bits per heavy atom. The van der Waals surface area contributed by atoms with Gasteiger partial charge in [-0.15, -0.1) is 11.3 Å². The lowest BCUT2D eigenvalue weighted by Crippen LogP contribution is -2.10. The van der Waals surface area contributed by atoms with E-state index in [4.69, 9.17) is 11.0 Å². The summed E-state index contributed by atoms with van der Waals surface area (Å²) < 4.78 is 0. The number of hydrogen-bond acceptors (Lipinski definition) is 6. The summed E-state index contributed by atoms with van der Waals surface area (Å²) in [5, 5.41) is 10.5. The van der Waals surface area contributed by atoms with E-state index in [1.54, 1.807) is 11.4 Å². The largest absolute Gasteiger partial charge is 0.369 e. The first-order valence-electron chi connectivity index (χ1n) is 5.37. The van der Waals surface area contributed by atoms with Crippen LogP contribution in [-0.2, 0) is 6.42 Å². The van der Waals surface area contributed by atoms with E-state index in [0.29, 0.717) is 29.0 Å². The molecule has 19 heavy (non-hydrogen) atoms. The molecule has 0 aliphatic carbocycles.